The Kier molecular flexibility index (Phi) is 7.17. The van der Waals surface area contributed by atoms with Crippen LogP contribution in [0.3, 0.4) is 0 Å². The molecule has 0 unspecified atom stereocenters. The van der Waals surface area contributed by atoms with Crippen LogP contribution in [0.2, 0.25) is 5.02 Å². The van der Waals surface area contributed by atoms with Gasteiger partial charge in [0.05, 0.1) is 22.2 Å². The maximum atomic E-state index is 12.3. The molecule has 2 N–H and O–H groups in total. The topological polar surface area (TPSA) is 84.5 Å². The minimum Gasteiger partial charge on any atom is -0.461 e. The number of rotatable bonds is 7. The van der Waals surface area contributed by atoms with Crippen LogP contribution in [0.15, 0.2) is 30.3 Å². The predicted octanol–water partition coefficient (Wildman–Crippen LogP) is 3.65. The highest BCUT2D eigenvalue weighted by atomic mass is 35.5. The van der Waals surface area contributed by atoms with Gasteiger partial charge in [-0.25, -0.2) is 4.79 Å². The molecule has 26 heavy (non-hydrogen) atoms. The largest absolute Gasteiger partial charge is 0.461 e. The molecular formula is C18H19ClN2O4S. The van der Waals surface area contributed by atoms with E-state index in [1.165, 1.54) is 6.92 Å². The summed E-state index contributed by atoms with van der Waals surface area (Å²) in [7, 11) is 0. The van der Waals surface area contributed by atoms with Gasteiger partial charge < -0.3 is 15.4 Å². The Balaban J connectivity index is 1.93. The van der Waals surface area contributed by atoms with Crippen LogP contribution in [0.1, 0.15) is 38.9 Å². The summed E-state index contributed by atoms with van der Waals surface area (Å²) >= 11 is 7.16. The van der Waals surface area contributed by atoms with Crippen molar-refractivity contribution in [3.8, 4) is 0 Å². The smallest absolute Gasteiger partial charge is 0.348 e. The molecule has 1 aromatic heterocycles. The van der Waals surface area contributed by atoms with Crippen LogP contribution in [-0.4, -0.2) is 30.9 Å². The summed E-state index contributed by atoms with van der Waals surface area (Å²) in [5.74, 6) is -0.912. The van der Waals surface area contributed by atoms with Crippen molar-refractivity contribution in [2.75, 3.05) is 18.5 Å². The van der Waals surface area contributed by atoms with Crippen molar-refractivity contribution < 1.29 is 19.1 Å². The summed E-state index contributed by atoms with van der Waals surface area (Å²) in [5.41, 5.74) is 1.08. The van der Waals surface area contributed by atoms with E-state index in [1.807, 2.05) is 0 Å². The predicted molar refractivity (Wildman–Crippen MR) is 102 cm³/mol. The molecule has 1 aromatic carbocycles. The van der Waals surface area contributed by atoms with Crippen molar-refractivity contribution in [3.63, 3.8) is 0 Å². The first-order valence-electron chi connectivity index (χ1n) is 7.96. The zero-order valence-electron chi connectivity index (χ0n) is 14.4. The van der Waals surface area contributed by atoms with Gasteiger partial charge in [-0.15, -0.1) is 11.3 Å². The molecule has 0 spiro atoms. The highest BCUT2D eigenvalue weighted by molar-refractivity contribution is 7.18. The Morgan fingerprint density at radius 2 is 1.96 bits per heavy atom. The number of aryl methyl sites for hydroxylation is 1. The molecule has 0 saturated carbocycles. The Morgan fingerprint density at radius 1 is 1.23 bits per heavy atom. The average molecular weight is 395 g/mol. The van der Waals surface area contributed by atoms with Gasteiger partial charge in [0, 0.05) is 13.5 Å². The van der Waals surface area contributed by atoms with E-state index in [1.54, 1.807) is 37.3 Å². The van der Waals surface area contributed by atoms with Crippen LogP contribution >= 0.6 is 22.9 Å². The van der Waals surface area contributed by atoms with E-state index in [2.05, 4.69) is 10.6 Å². The van der Waals surface area contributed by atoms with Gasteiger partial charge in [0.2, 0.25) is 5.91 Å². The Bertz CT molecular complexity index is 819. The Labute approximate surface area is 160 Å². The SMILES string of the molecule is CC(=O)NCCCOC(=O)c1sc(NC(=O)c2ccccc2Cl)cc1C. The van der Waals surface area contributed by atoms with Gasteiger partial charge in [0.15, 0.2) is 0 Å². The number of esters is 1. The summed E-state index contributed by atoms with van der Waals surface area (Å²) in [6.07, 6.45) is 0.534. The highest BCUT2D eigenvalue weighted by Gasteiger charge is 2.17. The zero-order valence-corrected chi connectivity index (χ0v) is 16.0. The third kappa shape index (κ3) is 5.57. The van der Waals surface area contributed by atoms with Crippen molar-refractivity contribution >= 4 is 45.7 Å². The molecule has 8 heteroatoms. The van der Waals surface area contributed by atoms with Crippen LogP contribution in [0.25, 0.3) is 0 Å². The van der Waals surface area contributed by atoms with Gasteiger partial charge in [-0.2, -0.15) is 0 Å². The number of thiophene rings is 1. The number of carbonyl (C=O) groups is 3. The molecular weight excluding hydrogens is 376 g/mol. The fourth-order valence-electron chi connectivity index (χ4n) is 2.14. The molecule has 0 atom stereocenters. The summed E-state index contributed by atoms with van der Waals surface area (Å²) in [5, 5.41) is 6.27. The third-order valence-electron chi connectivity index (χ3n) is 3.39. The van der Waals surface area contributed by atoms with Crippen molar-refractivity contribution in [1.82, 2.24) is 5.32 Å². The maximum absolute atomic E-state index is 12.3. The summed E-state index contributed by atoms with van der Waals surface area (Å²) in [4.78, 5) is 35.6. The van der Waals surface area contributed by atoms with E-state index in [0.717, 1.165) is 16.9 Å². The number of hydrogen-bond donors (Lipinski definition) is 2. The lowest BCUT2D eigenvalue weighted by atomic mass is 10.2. The highest BCUT2D eigenvalue weighted by Crippen LogP contribution is 2.28. The molecule has 6 nitrogen and oxygen atoms in total. The monoisotopic (exact) mass is 394 g/mol. The standard InChI is InChI=1S/C18H19ClN2O4S/c1-11-10-15(21-17(23)13-6-3-4-7-14(13)19)26-16(11)18(24)25-9-5-8-20-12(2)22/h3-4,6-7,10H,5,8-9H2,1-2H3,(H,20,22)(H,21,23). The molecule has 0 radical (unpaired) electrons. The number of anilines is 1. The molecule has 0 aliphatic rings. The Morgan fingerprint density at radius 3 is 2.65 bits per heavy atom. The molecule has 0 fully saturated rings. The third-order valence-corrected chi connectivity index (χ3v) is 4.85. The van der Waals surface area contributed by atoms with E-state index in [9.17, 15) is 14.4 Å². The molecule has 2 rings (SSSR count). The number of carbonyl (C=O) groups excluding carboxylic acids is 3. The molecule has 2 aromatic rings. The fourth-order valence-corrected chi connectivity index (χ4v) is 3.32. The lowest BCUT2D eigenvalue weighted by Gasteiger charge is -2.05. The van der Waals surface area contributed by atoms with Gasteiger partial charge in [-0.3, -0.25) is 9.59 Å². The first-order valence-corrected chi connectivity index (χ1v) is 9.16. The Hall–Kier alpha value is -2.38. The number of ether oxygens (including phenoxy) is 1. The number of amides is 2. The van der Waals surface area contributed by atoms with Crippen LogP contribution in [0, 0.1) is 6.92 Å². The zero-order chi connectivity index (χ0) is 19.1. The van der Waals surface area contributed by atoms with Gasteiger partial charge >= 0.3 is 5.97 Å². The first kappa shape index (κ1) is 19.9. The van der Waals surface area contributed by atoms with Gasteiger partial charge in [-0.05, 0) is 37.1 Å². The van der Waals surface area contributed by atoms with Gasteiger partial charge in [0.1, 0.15) is 4.88 Å². The van der Waals surface area contributed by atoms with E-state index in [4.69, 9.17) is 16.3 Å². The normalized spacial score (nSPS) is 10.3. The summed E-state index contributed by atoms with van der Waals surface area (Å²) in [6.45, 7) is 3.86. The minimum absolute atomic E-state index is 0.121. The fraction of sp³-hybridized carbons (Fsp3) is 0.278. The van der Waals surface area contributed by atoms with Crippen molar-refractivity contribution in [2.45, 2.75) is 20.3 Å². The quantitative estimate of drug-likeness (QED) is 0.554. The second kappa shape index (κ2) is 9.35. The van der Waals surface area contributed by atoms with Crippen LogP contribution < -0.4 is 10.6 Å². The minimum atomic E-state index is -0.450. The summed E-state index contributed by atoms with van der Waals surface area (Å²) in [6, 6.07) is 8.45. The van der Waals surface area contributed by atoms with Crippen LogP contribution in [-0.2, 0) is 9.53 Å². The first-order chi connectivity index (χ1) is 12.4. The molecule has 2 amide bonds. The lowest BCUT2D eigenvalue weighted by Crippen LogP contribution is -2.22. The molecule has 0 bridgehead atoms. The number of halogens is 1. The van der Waals surface area contributed by atoms with Crippen molar-refractivity contribution in [1.29, 1.82) is 0 Å². The van der Waals surface area contributed by atoms with Crippen molar-refractivity contribution in [2.24, 2.45) is 0 Å². The molecule has 0 aliphatic carbocycles. The number of hydrogen-bond acceptors (Lipinski definition) is 5. The van der Waals surface area contributed by atoms with E-state index >= 15 is 0 Å². The number of nitrogens with one attached hydrogen (secondary N) is 2. The maximum Gasteiger partial charge on any atom is 0.348 e. The lowest BCUT2D eigenvalue weighted by molar-refractivity contribution is -0.118. The molecule has 0 aliphatic heterocycles. The second-order valence-corrected chi connectivity index (χ2v) is 6.99. The van der Waals surface area contributed by atoms with Crippen molar-refractivity contribution in [3.05, 3.63) is 51.4 Å². The van der Waals surface area contributed by atoms with E-state index < -0.39 is 5.97 Å². The molecule has 0 saturated heterocycles. The number of benzene rings is 1. The second-order valence-electron chi connectivity index (χ2n) is 5.53. The van der Waals surface area contributed by atoms with E-state index in [0.29, 0.717) is 33.4 Å². The van der Waals surface area contributed by atoms with Crippen LogP contribution in [0.5, 0.6) is 0 Å². The summed E-state index contributed by atoms with van der Waals surface area (Å²) < 4.78 is 5.20. The van der Waals surface area contributed by atoms with Gasteiger partial charge in [-0.1, -0.05) is 23.7 Å². The molecule has 1 heterocycles. The average Bonchev–Trinajstić information content (AvgIpc) is 2.94. The van der Waals surface area contributed by atoms with Gasteiger partial charge in [0.25, 0.3) is 5.91 Å². The van der Waals surface area contributed by atoms with E-state index in [-0.39, 0.29) is 18.4 Å². The van der Waals surface area contributed by atoms with Crippen LogP contribution in [0.4, 0.5) is 5.00 Å². The molecule has 138 valence electrons.